The van der Waals surface area contributed by atoms with Crippen molar-refractivity contribution in [3.05, 3.63) is 30.9 Å². The number of hydrogen-bond donors (Lipinski definition) is 2. The first-order chi connectivity index (χ1) is 7.74. The zero-order valence-electron chi connectivity index (χ0n) is 8.81. The number of anilines is 1. The summed E-state index contributed by atoms with van der Waals surface area (Å²) in [5, 5.41) is 5.17. The lowest BCUT2D eigenvalue weighted by molar-refractivity contribution is 0.768. The molecule has 0 aromatic carbocycles. The van der Waals surface area contributed by atoms with Crippen LogP contribution in [0.4, 0.5) is 5.69 Å². The second-order valence-corrected chi connectivity index (χ2v) is 3.77. The van der Waals surface area contributed by atoms with Crippen molar-refractivity contribution in [3.8, 4) is 11.1 Å². The van der Waals surface area contributed by atoms with E-state index in [0.717, 1.165) is 22.2 Å². The van der Waals surface area contributed by atoms with Crippen LogP contribution in [-0.2, 0) is 7.05 Å². The second-order valence-electron chi connectivity index (χ2n) is 3.77. The van der Waals surface area contributed by atoms with Gasteiger partial charge in [0, 0.05) is 36.0 Å². The van der Waals surface area contributed by atoms with Gasteiger partial charge >= 0.3 is 0 Å². The third-order valence-electron chi connectivity index (χ3n) is 2.57. The van der Waals surface area contributed by atoms with Crippen molar-refractivity contribution >= 4 is 16.7 Å². The number of nitrogens with zero attached hydrogens (tertiary/aromatic N) is 3. The van der Waals surface area contributed by atoms with E-state index < -0.39 is 0 Å². The minimum atomic E-state index is 0.664. The Kier molecular flexibility index (Phi) is 1.73. The fourth-order valence-corrected chi connectivity index (χ4v) is 1.82. The number of pyridine rings is 1. The van der Waals surface area contributed by atoms with Crippen LogP contribution < -0.4 is 5.73 Å². The van der Waals surface area contributed by atoms with Gasteiger partial charge in [-0.3, -0.25) is 4.68 Å². The van der Waals surface area contributed by atoms with Gasteiger partial charge < -0.3 is 10.7 Å². The molecule has 3 rings (SSSR count). The summed E-state index contributed by atoms with van der Waals surface area (Å²) in [6.45, 7) is 0. The Labute approximate surface area is 91.9 Å². The zero-order valence-corrected chi connectivity index (χ0v) is 8.81. The smallest absolute Gasteiger partial charge is 0.138 e. The van der Waals surface area contributed by atoms with E-state index in [-0.39, 0.29) is 0 Å². The van der Waals surface area contributed by atoms with Crippen LogP contribution in [0.5, 0.6) is 0 Å². The van der Waals surface area contributed by atoms with E-state index in [2.05, 4.69) is 15.1 Å². The average molecular weight is 213 g/mol. The minimum absolute atomic E-state index is 0.664. The van der Waals surface area contributed by atoms with E-state index in [9.17, 15) is 0 Å². The molecular weight excluding hydrogens is 202 g/mol. The Bertz CT molecular complexity index is 649. The predicted molar refractivity (Wildman–Crippen MR) is 62.7 cm³/mol. The van der Waals surface area contributed by atoms with Crippen molar-refractivity contribution in [2.24, 2.45) is 7.05 Å². The molecule has 0 atom stereocenters. The average Bonchev–Trinajstić information content (AvgIpc) is 2.83. The minimum Gasteiger partial charge on any atom is -0.397 e. The van der Waals surface area contributed by atoms with E-state index in [1.54, 1.807) is 10.9 Å². The Morgan fingerprint density at radius 3 is 3.00 bits per heavy atom. The molecule has 0 aliphatic heterocycles. The molecule has 16 heavy (non-hydrogen) atoms. The van der Waals surface area contributed by atoms with Crippen LogP contribution in [0.1, 0.15) is 0 Å². The molecule has 3 heterocycles. The molecule has 3 aromatic rings. The first-order valence-electron chi connectivity index (χ1n) is 4.95. The highest BCUT2D eigenvalue weighted by Crippen LogP contribution is 2.28. The number of H-pyrrole nitrogens is 1. The Morgan fingerprint density at radius 2 is 2.25 bits per heavy atom. The van der Waals surface area contributed by atoms with Crippen molar-refractivity contribution in [2.45, 2.75) is 0 Å². The van der Waals surface area contributed by atoms with Crippen LogP contribution >= 0.6 is 0 Å². The molecule has 0 fully saturated rings. The maximum Gasteiger partial charge on any atom is 0.138 e. The van der Waals surface area contributed by atoms with E-state index in [4.69, 9.17) is 5.73 Å². The molecule has 0 radical (unpaired) electrons. The molecule has 0 saturated heterocycles. The number of fused-ring (bicyclic) bond motifs is 1. The number of rotatable bonds is 1. The van der Waals surface area contributed by atoms with Gasteiger partial charge in [-0.25, -0.2) is 4.98 Å². The third-order valence-corrected chi connectivity index (χ3v) is 2.57. The fraction of sp³-hybridized carbons (Fsp3) is 0.0909. The van der Waals surface area contributed by atoms with Gasteiger partial charge in [0.2, 0.25) is 0 Å². The normalized spacial score (nSPS) is 11.1. The highest BCUT2D eigenvalue weighted by Gasteiger charge is 2.08. The van der Waals surface area contributed by atoms with Gasteiger partial charge in [-0.2, -0.15) is 5.10 Å². The topological polar surface area (TPSA) is 72.5 Å². The summed E-state index contributed by atoms with van der Waals surface area (Å²) >= 11 is 0. The maximum atomic E-state index is 5.74. The van der Waals surface area contributed by atoms with Crippen LogP contribution in [0, 0.1) is 0 Å². The quantitative estimate of drug-likeness (QED) is 0.644. The number of nitrogen functional groups attached to an aromatic ring is 1. The molecule has 0 saturated carbocycles. The van der Waals surface area contributed by atoms with Gasteiger partial charge in [0.25, 0.3) is 0 Å². The summed E-state index contributed by atoms with van der Waals surface area (Å²) < 4.78 is 1.77. The number of hydrogen-bond acceptors (Lipinski definition) is 3. The molecule has 3 N–H and O–H groups in total. The SMILES string of the molecule is Cn1cc(-c2c[nH]c3ncc(N)cc23)cn1. The Balaban J connectivity index is 2.27. The predicted octanol–water partition coefficient (Wildman–Crippen LogP) is 1.55. The standard InChI is InChI=1S/C11H11N5/c1-16-6-7(3-15-16)10-5-14-11-9(10)2-8(12)4-13-11/h2-6H,12H2,1H3,(H,13,14). The molecular formula is C11H11N5. The van der Waals surface area contributed by atoms with Crippen LogP contribution in [0.3, 0.4) is 0 Å². The summed E-state index contributed by atoms with van der Waals surface area (Å²) in [5.74, 6) is 0. The van der Waals surface area contributed by atoms with E-state index in [1.807, 2.05) is 31.7 Å². The van der Waals surface area contributed by atoms with Crippen LogP contribution in [0.2, 0.25) is 0 Å². The number of nitrogens with two attached hydrogens (primary N) is 1. The monoisotopic (exact) mass is 213 g/mol. The number of aromatic nitrogens is 4. The lowest BCUT2D eigenvalue weighted by Crippen LogP contribution is -1.86. The van der Waals surface area contributed by atoms with Gasteiger partial charge in [0.05, 0.1) is 18.1 Å². The molecule has 0 spiro atoms. The summed E-state index contributed by atoms with van der Waals surface area (Å²) in [6, 6.07) is 1.92. The van der Waals surface area contributed by atoms with E-state index in [1.165, 1.54) is 0 Å². The molecule has 0 aliphatic rings. The molecule has 0 unspecified atom stereocenters. The molecule has 5 nitrogen and oxygen atoms in total. The van der Waals surface area contributed by atoms with Crippen LogP contribution in [0.25, 0.3) is 22.2 Å². The van der Waals surface area contributed by atoms with Crippen molar-refractivity contribution in [1.29, 1.82) is 0 Å². The summed E-state index contributed by atoms with van der Waals surface area (Å²) in [5.41, 5.74) is 9.37. The second kappa shape index (κ2) is 3.10. The summed E-state index contributed by atoms with van der Waals surface area (Å²) in [6.07, 6.45) is 7.36. The highest BCUT2D eigenvalue weighted by molar-refractivity contribution is 5.94. The van der Waals surface area contributed by atoms with Gasteiger partial charge in [-0.15, -0.1) is 0 Å². The van der Waals surface area contributed by atoms with Crippen molar-refractivity contribution < 1.29 is 0 Å². The lowest BCUT2D eigenvalue weighted by atomic mass is 10.1. The Morgan fingerprint density at radius 1 is 1.38 bits per heavy atom. The largest absolute Gasteiger partial charge is 0.397 e. The maximum absolute atomic E-state index is 5.74. The fourth-order valence-electron chi connectivity index (χ4n) is 1.82. The molecule has 0 aliphatic carbocycles. The molecule has 80 valence electrons. The first-order valence-corrected chi connectivity index (χ1v) is 4.95. The van der Waals surface area contributed by atoms with Gasteiger partial charge in [0.15, 0.2) is 0 Å². The highest BCUT2D eigenvalue weighted by atomic mass is 15.2. The van der Waals surface area contributed by atoms with Gasteiger partial charge in [-0.05, 0) is 6.07 Å². The third kappa shape index (κ3) is 1.25. The first kappa shape index (κ1) is 8.96. The van der Waals surface area contributed by atoms with Gasteiger partial charge in [-0.1, -0.05) is 0 Å². The lowest BCUT2D eigenvalue weighted by Gasteiger charge is -1.95. The molecule has 5 heteroatoms. The van der Waals surface area contributed by atoms with E-state index >= 15 is 0 Å². The van der Waals surface area contributed by atoms with Crippen molar-refractivity contribution in [2.75, 3.05) is 5.73 Å². The van der Waals surface area contributed by atoms with Crippen molar-refractivity contribution in [3.63, 3.8) is 0 Å². The van der Waals surface area contributed by atoms with Crippen LogP contribution in [0.15, 0.2) is 30.9 Å². The summed E-state index contributed by atoms with van der Waals surface area (Å²) in [4.78, 5) is 7.35. The van der Waals surface area contributed by atoms with Crippen LogP contribution in [-0.4, -0.2) is 19.7 Å². The molecule has 0 bridgehead atoms. The summed E-state index contributed by atoms with van der Waals surface area (Å²) in [7, 11) is 1.89. The zero-order chi connectivity index (χ0) is 11.1. The molecule has 0 amide bonds. The number of aromatic amines is 1. The number of aryl methyl sites for hydroxylation is 1. The Hall–Kier alpha value is -2.30. The molecule has 3 aromatic heterocycles. The number of nitrogens with one attached hydrogen (secondary N) is 1. The van der Waals surface area contributed by atoms with E-state index in [0.29, 0.717) is 5.69 Å². The van der Waals surface area contributed by atoms with Gasteiger partial charge in [0.1, 0.15) is 5.65 Å². The van der Waals surface area contributed by atoms with Crippen molar-refractivity contribution in [1.82, 2.24) is 19.7 Å².